The molecular formula is C17H24N4. The van der Waals surface area contributed by atoms with E-state index >= 15 is 0 Å². The van der Waals surface area contributed by atoms with Crippen LogP contribution in [0.5, 0.6) is 0 Å². The molecule has 1 aromatic carbocycles. The molecule has 1 N–H and O–H groups in total. The van der Waals surface area contributed by atoms with E-state index in [4.69, 9.17) is 4.98 Å². The lowest BCUT2D eigenvalue weighted by atomic mass is 10.2. The van der Waals surface area contributed by atoms with Gasteiger partial charge >= 0.3 is 0 Å². The van der Waals surface area contributed by atoms with Crippen LogP contribution in [-0.4, -0.2) is 23.1 Å². The van der Waals surface area contributed by atoms with Gasteiger partial charge in [-0.3, -0.25) is 0 Å². The molecule has 0 aliphatic carbocycles. The van der Waals surface area contributed by atoms with Crippen molar-refractivity contribution in [2.45, 2.75) is 39.8 Å². The van der Waals surface area contributed by atoms with E-state index in [2.05, 4.69) is 60.2 Å². The first kappa shape index (κ1) is 15.3. The first-order chi connectivity index (χ1) is 10.1. The van der Waals surface area contributed by atoms with E-state index in [-0.39, 0.29) is 0 Å². The Hall–Kier alpha value is -2.10. The predicted octanol–water partition coefficient (Wildman–Crippen LogP) is 3.50. The molecule has 0 spiro atoms. The highest BCUT2D eigenvalue weighted by atomic mass is 15.2. The van der Waals surface area contributed by atoms with Crippen molar-refractivity contribution in [2.24, 2.45) is 0 Å². The van der Waals surface area contributed by atoms with Crippen LogP contribution in [0.3, 0.4) is 0 Å². The molecule has 4 nitrogen and oxygen atoms in total. The van der Waals surface area contributed by atoms with Gasteiger partial charge in [0.2, 0.25) is 0 Å². The van der Waals surface area contributed by atoms with Crippen LogP contribution < -0.4 is 10.2 Å². The Labute approximate surface area is 127 Å². The number of hydrogen-bond donors (Lipinski definition) is 1. The van der Waals surface area contributed by atoms with Gasteiger partial charge < -0.3 is 10.2 Å². The molecule has 0 atom stereocenters. The fourth-order valence-electron chi connectivity index (χ4n) is 2.22. The van der Waals surface area contributed by atoms with Crippen molar-refractivity contribution in [2.75, 3.05) is 17.3 Å². The molecule has 21 heavy (non-hydrogen) atoms. The third kappa shape index (κ3) is 3.94. The first-order valence-corrected chi connectivity index (χ1v) is 7.50. The molecule has 0 amide bonds. The summed E-state index contributed by atoms with van der Waals surface area (Å²) >= 11 is 0. The monoisotopic (exact) mass is 284 g/mol. The lowest BCUT2D eigenvalue weighted by Crippen LogP contribution is -2.31. The van der Waals surface area contributed by atoms with Crippen LogP contribution in [0.1, 0.15) is 32.2 Å². The molecule has 2 aromatic rings. The van der Waals surface area contributed by atoms with Gasteiger partial charge in [0.05, 0.1) is 0 Å². The SMILES string of the molecule is CCc1nc(NC)cc(N(Cc2ccccc2)C(C)C)n1. The molecule has 0 saturated heterocycles. The molecule has 0 saturated carbocycles. The Bertz CT molecular complexity index is 544. The number of aromatic nitrogens is 2. The van der Waals surface area contributed by atoms with E-state index in [9.17, 15) is 0 Å². The molecule has 4 heteroatoms. The minimum atomic E-state index is 0.370. The maximum absolute atomic E-state index is 4.69. The van der Waals surface area contributed by atoms with Crippen LogP contribution in [-0.2, 0) is 13.0 Å². The standard InChI is InChI=1S/C17H24N4/c1-5-15-19-16(18-4)11-17(20-15)21(13(2)3)12-14-9-7-6-8-10-14/h6-11,13H,5,12H2,1-4H3,(H,18,19,20). The number of aryl methyl sites for hydroxylation is 1. The lowest BCUT2D eigenvalue weighted by Gasteiger charge is -2.28. The summed E-state index contributed by atoms with van der Waals surface area (Å²) in [4.78, 5) is 11.5. The van der Waals surface area contributed by atoms with E-state index in [0.29, 0.717) is 6.04 Å². The van der Waals surface area contributed by atoms with Gasteiger partial charge in [0.15, 0.2) is 0 Å². The zero-order valence-corrected chi connectivity index (χ0v) is 13.3. The highest BCUT2D eigenvalue weighted by Gasteiger charge is 2.14. The summed E-state index contributed by atoms with van der Waals surface area (Å²) in [5, 5.41) is 3.12. The van der Waals surface area contributed by atoms with Crippen LogP contribution >= 0.6 is 0 Å². The van der Waals surface area contributed by atoms with Crippen LogP contribution in [0, 0.1) is 0 Å². The molecular weight excluding hydrogens is 260 g/mol. The van der Waals surface area contributed by atoms with Crippen molar-refractivity contribution in [3.8, 4) is 0 Å². The van der Waals surface area contributed by atoms with Gasteiger partial charge in [-0.05, 0) is 19.4 Å². The molecule has 0 radical (unpaired) electrons. The predicted molar refractivity (Wildman–Crippen MR) is 88.7 cm³/mol. The summed E-state index contributed by atoms with van der Waals surface area (Å²) in [6.07, 6.45) is 0.833. The summed E-state index contributed by atoms with van der Waals surface area (Å²) in [5.74, 6) is 2.72. The smallest absolute Gasteiger partial charge is 0.134 e. The number of anilines is 2. The van der Waals surface area contributed by atoms with Crippen molar-refractivity contribution < 1.29 is 0 Å². The van der Waals surface area contributed by atoms with Crippen molar-refractivity contribution in [3.05, 3.63) is 47.8 Å². The molecule has 1 heterocycles. The van der Waals surface area contributed by atoms with Gasteiger partial charge in [-0.15, -0.1) is 0 Å². The van der Waals surface area contributed by atoms with E-state index in [1.165, 1.54) is 5.56 Å². The van der Waals surface area contributed by atoms with E-state index in [0.717, 1.165) is 30.4 Å². The Morgan fingerprint density at radius 2 is 1.86 bits per heavy atom. The highest BCUT2D eigenvalue weighted by molar-refractivity contribution is 5.50. The normalized spacial score (nSPS) is 10.7. The van der Waals surface area contributed by atoms with Gasteiger partial charge in [0.25, 0.3) is 0 Å². The number of hydrogen-bond acceptors (Lipinski definition) is 4. The van der Waals surface area contributed by atoms with Gasteiger partial charge in [-0.25, -0.2) is 9.97 Å². The van der Waals surface area contributed by atoms with E-state index < -0.39 is 0 Å². The zero-order chi connectivity index (χ0) is 15.2. The van der Waals surface area contributed by atoms with Gasteiger partial charge in [0.1, 0.15) is 17.5 Å². The third-order valence-electron chi connectivity index (χ3n) is 3.44. The second-order valence-electron chi connectivity index (χ2n) is 5.34. The quantitative estimate of drug-likeness (QED) is 0.881. The van der Waals surface area contributed by atoms with Gasteiger partial charge in [0, 0.05) is 32.1 Å². The molecule has 2 rings (SSSR count). The summed E-state index contributed by atoms with van der Waals surface area (Å²) in [7, 11) is 1.89. The zero-order valence-electron chi connectivity index (χ0n) is 13.3. The second-order valence-corrected chi connectivity index (χ2v) is 5.34. The Balaban J connectivity index is 2.33. The number of rotatable bonds is 6. The summed E-state index contributed by atoms with van der Waals surface area (Å²) in [6.45, 7) is 7.31. The summed E-state index contributed by atoms with van der Waals surface area (Å²) in [5.41, 5.74) is 1.29. The topological polar surface area (TPSA) is 41.1 Å². The van der Waals surface area contributed by atoms with E-state index in [1.807, 2.05) is 19.2 Å². The average Bonchev–Trinajstić information content (AvgIpc) is 2.52. The fourth-order valence-corrected chi connectivity index (χ4v) is 2.22. The van der Waals surface area contributed by atoms with Gasteiger partial charge in [-0.2, -0.15) is 0 Å². The van der Waals surface area contributed by atoms with Crippen LogP contribution in [0.2, 0.25) is 0 Å². The van der Waals surface area contributed by atoms with Gasteiger partial charge in [-0.1, -0.05) is 37.3 Å². The average molecular weight is 284 g/mol. The number of benzene rings is 1. The molecule has 0 aliphatic rings. The maximum atomic E-state index is 4.69. The molecule has 0 fully saturated rings. The van der Waals surface area contributed by atoms with Crippen LogP contribution in [0.4, 0.5) is 11.6 Å². The van der Waals surface area contributed by atoms with E-state index in [1.54, 1.807) is 0 Å². The molecule has 0 bridgehead atoms. The minimum Gasteiger partial charge on any atom is -0.373 e. The number of nitrogens with one attached hydrogen (secondary N) is 1. The Morgan fingerprint density at radius 3 is 2.43 bits per heavy atom. The van der Waals surface area contributed by atoms with Crippen molar-refractivity contribution in [1.29, 1.82) is 0 Å². The lowest BCUT2D eigenvalue weighted by molar-refractivity contribution is 0.668. The molecule has 0 aliphatic heterocycles. The van der Waals surface area contributed by atoms with Crippen LogP contribution in [0.15, 0.2) is 36.4 Å². The Morgan fingerprint density at radius 1 is 1.14 bits per heavy atom. The molecule has 0 unspecified atom stereocenters. The number of nitrogens with zero attached hydrogens (tertiary/aromatic N) is 3. The maximum Gasteiger partial charge on any atom is 0.134 e. The highest BCUT2D eigenvalue weighted by Crippen LogP contribution is 2.21. The van der Waals surface area contributed by atoms with Crippen molar-refractivity contribution in [1.82, 2.24) is 9.97 Å². The summed E-state index contributed by atoms with van der Waals surface area (Å²) in [6, 6.07) is 12.9. The third-order valence-corrected chi connectivity index (χ3v) is 3.44. The first-order valence-electron chi connectivity index (χ1n) is 7.50. The van der Waals surface area contributed by atoms with Crippen molar-refractivity contribution >= 4 is 11.6 Å². The van der Waals surface area contributed by atoms with Crippen LogP contribution in [0.25, 0.3) is 0 Å². The minimum absolute atomic E-state index is 0.370. The fraction of sp³-hybridized carbons (Fsp3) is 0.412. The largest absolute Gasteiger partial charge is 0.373 e. The molecule has 112 valence electrons. The summed E-state index contributed by atoms with van der Waals surface area (Å²) < 4.78 is 0. The van der Waals surface area contributed by atoms with Crippen molar-refractivity contribution in [3.63, 3.8) is 0 Å². The molecule has 1 aromatic heterocycles. The Kier molecular flexibility index (Phi) is 5.14. The second kappa shape index (κ2) is 7.07.